The van der Waals surface area contributed by atoms with E-state index in [2.05, 4.69) is 15.6 Å². The lowest BCUT2D eigenvalue weighted by Gasteiger charge is -2.27. The summed E-state index contributed by atoms with van der Waals surface area (Å²) in [7, 11) is -2.08. The minimum Gasteiger partial charge on any atom is -0.449 e. The number of hydrogen-bond donors (Lipinski definition) is 3. The van der Waals surface area contributed by atoms with Gasteiger partial charge in [0.25, 0.3) is 5.56 Å². The van der Waals surface area contributed by atoms with E-state index in [1.807, 2.05) is 24.3 Å². The number of aromatic amines is 1. The molecule has 2 aliphatic rings. The molecule has 0 spiro atoms. The molecule has 3 heterocycles. The average Bonchev–Trinajstić information content (AvgIpc) is 2.91. The van der Waals surface area contributed by atoms with E-state index in [-0.39, 0.29) is 29.5 Å². The first-order valence-corrected chi connectivity index (χ1v) is 16.3. The van der Waals surface area contributed by atoms with Crippen LogP contribution >= 0.6 is 21.2 Å². The summed E-state index contributed by atoms with van der Waals surface area (Å²) < 4.78 is 30.3. The van der Waals surface area contributed by atoms with E-state index in [0.29, 0.717) is 34.3 Å². The lowest BCUT2D eigenvalue weighted by Crippen LogP contribution is -2.35. The number of carbonyl (C=O) groups is 2. The Kier molecular flexibility index (Phi) is 7.81. The summed E-state index contributed by atoms with van der Waals surface area (Å²) in [4.78, 5) is 42.7. The zero-order valence-corrected chi connectivity index (χ0v) is 24.3. The number of amides is 2. The zero-order chi connectivity index (χ0) is 28.4. The molecule has 2 aliphatic heterocycles. The maximum Gasteiger partial charge on any atom is 0.411 e. The predicted octanol–water partition coefficient (Wildman–Crippen LogP) is 4.57. The highest BCUT2D eigenvalue weighted by molar-refractivity contribution is 14.2. The van der Waals surface area contributed by atoms with Gasteiger partial charge in [0.2, 0.25) is 12.9 Å². The van der Waals surface area contributed by atoms with Crippen LogP contribution in [0.25, 0.3) is 10.8 Å². The molecule has 3 N–H and O–H groups in total. The van der Waals surface area contributed by atoms with Crippen molar-refractivity contribution >= 4 is 62.4 Å². The van der Waals surface area contributed by atoms with Gasteiger partial charge in [-0.3, -0.25) is 14.9 Å². The molecule has 2 amide bonds. The van der Waals surface area contributed by atoms with E-state index in [1.54, 1.807) is 37.5 Å². The van der Waals surface area contributed by atoms with Crippen molar-refractivity contribution in [1.29, 1.82) is 0 Å². The summed E-state index contributed by atoms with van der Waals surface area (Å²) in [6.45, 7) is 0.0852. The number of anilines is 2. The number of rotatable bonds is 3. The Labute approximate surface area is 242 Å². The number of nitrogens with zero attached hydrogens (tertiary/aromatic N) is 1. The first-order chi connectivity index (χ1) is 19.1. The number of pyridine rings is 1. The van der Waals surface area contributed by atoms with Gasteiger partial charge in [0.1, 0.15) is 6.04 Å². The van der Waals surface area contributed by atoms with Gasteiger partial charge in [-0.15, -0.1) is 0 Å². The van der Waals surface area contributed by atoms with Crippen LogP contribution in [0.15, 0.2) is 82.6 Å². The fourth-order valence-corrected chi connectivity index (χ4v) is 6.55. The Balaban J connectivity index is 1.56. The van der Waals surface area contributed by atoms with Crippen molar-refractivity contribution in [1.82, 2.24) is 9.88 Å². The highest BCUT2D eigenvalue weighted by Gasteiger charge is 2.26. The van der Waals surface area contributed by atoms with Gasteiger partial charge in [-0.05, 0) is 58.5 Å². The van der Waals surface area contributed by atoms with E-state index in [0.717, 1.165) is 10.9 Å². The van der Waals surface area contributed by atoms with Gasteiger partial charge in [-0.2, -0.15) is 0 Å². The predicted molar refractivity (Wildman–Crippen MR) is 160 cm³/mol. The van der Waals surface area contributed by atoms with Gasteiger partial charge in [0.15, 0.2) is 0 Å². The van der Waals surface area contributed by atoms with Gasteiger partial charge < -0.3 is 19.9 Å². The molecule has 4 bridgehead atoms. The van der Waals surface area contributed by atoms with Crippen LogP contribution in [0.1, 0.15) is 22.7 Å². The van der Waals surface area contributed by atoms with Gasteiger partial charge in [0.05, 0.1) is 32.7 Å². The molecule has 6 rings (SSSR count). The Morgan fingerprint density at radius 2 is 1.77 bits per heavy atom. The monoisotopic (exact) mass is 672 g/mol. The Morgan fingerprint density at radius 1 is 1.00 bits per heavy atom. The molecule has 206 valence electrons. The number of ether oxygens (including phenoxy) is 1. The van der Waals surface area contributed by atoms with Crippen LogP contribution in [0.4, 0.5) is 16.2 Å². The van der Waals surface area contributed by atoms with Crippen molar-refractivity contribution in [2.75, 3.05) is 24.3 Å². The normalized spacial score (nSPS) is 16.4. The SMILES string of the molecule is CN1Cc2cc(ccc2S(=O)(=O)I)NC(=O)OCCc2ccc(cc2)C(Nc2ccc3cc[nH]c(=O)c3c2)C1=O. The summed E-state index contributed by atoms with van der Waals surface area (Å²) in [5, 5.41) is 7.14. The molecule has 1 aromatic heterocycles. The Bertz CT molecular complexity index is 1770. The number of hydrogen-bond acceptors (Lipinski definition) is 7. The highest BCUT2D eigenvalue weighted by Crippen LogP contribution is 2.29. The van der Waals surface area contributed by atoms with E-state index in [9.17, 15) is 22.8 Å². The fourth-order valence-electron chi connectivity index (χ4n) is 4.59. The van der Waals surface area contributed by atoms with Gasteiger partial charge in [0, 0.05) is 43.0 Å². The van der Waals surface area contributed by atoms with Crippen molar-refractivity contribution in [3.8, 4) is 0 Å². The molecular formula is C28H25IN4O6S. The molecule has 40 heavy (non-hydrogen) atoms. The van der Waals surface area contributed by atoms with Crippen LogP contribution in [0.5, 0.6) is 0 Å². The quantitative estimate of drug-likeness (QED) is 0.214. The van der Waals surface area contributed by atoms with Crippen LogP contribution < -0.4 is 16.2 Å². The standard InChI is InChI=1S/C28H25IN4O6S/c1-33-16-20-14-21(8-9-24(20)40(29,37)38)32-28(36)39-13-11-17-2-4-19(5-3-17)25(27(33)35)31-22-7-6-18-10-12-30-26(34)23(18)15-22/h2-10,12,14-15,25,31H,11,13,16H2,1H3,(H,30,34)(H,32,36). The third-order valence-electron chi connectivity index (χ3n) is 6.62. The van der Waals surface area contributed by atoms with Crippen molar-refractivity contribution in [2.24, 2.45) is 0 Å². The number of likely N-dealkylation sites (N-methyl/N-ethyl adjacent to an activating group) is 1. The van der Waals surface area contributed by atoms with Crippen LogP contribution in [0, 0.1) is 0 Å². The fraction of sp³-hybridized carbons (Fsp3) is 0.179. The molecule has 3 aromatic carbocycles. The van der Waals surface area contributed by atoms with Crippen molar-refractivity contribution in [3.63, 3.8) is 0 Å². The third kappa shape index (κ3) is 6.12. The van der Waals surface area contributed by atoms with E-state index >= 15 is 0 Å². The molecule has 4 aromatic rings. The molecule has 0 saturated heterocycles. The topological polar surface area (TPSA) is 138 Å². The van der Waals surface area contributed by atoms with Crippen LogP contribution in [-0.2, 0) is 29.5 Å². The summed E-state index contributed by atoms with van der Waals surface area (Å²) in [6.07, 6.45) is 1.38. The smallest absolute Gasteiger partial charge is 0.411 e. The van der Waals surface area contributed by atoms with Crippen LogP contribution in [-0.4, -0.2) is 44.0 Å². The Hall–Kier alpha value is -3.91. The van der Waals surface area contributed by atoms with E-state index in [4.69, 9.17) is 4.74 Å². The molecule has 0 aliphatic carbocycles. The highest BCUT2D eigenvalue weighted by atomic mass is 127. The summed E-state index contributed by atoms with van der Waals surface area (Å²) in [6, 6.07) is 18.0. The molecule has 10 nitrogen and oxygen atoms in total. The van der Waals surface area contributed by atoms with Crippen LogP contribution in [0.2, 0.25) is 0 Å². The molecule has 0 saturated carbocycles. The second kappa shape index (κ2) is 11.3. The van der Waals surface area contributed by atoms with Gasteiger partial charge >= 0.3 is 6.09 Å². The lowest BCUT2D eigenvalue weighted by atomic mass is 10.0. The summed E-state index contributed by atoms with van der Waals surface area (Å²) in [5.74, 6) is -0.323. The first kappa shape index (κ1) is 27.6. The third-order valence-corrected chi connectivity index (χ3v) is 8.97. The maximum atomic E-state index is 13.9. The number of nitrogens with one attached hydrogen (secondary N) is 3. The van der Waals surface area contributed by atoms with E-state index < -0.39 is 19.1 Å². The lowest BCUT2D eigenvalue weighted by molar-refractivity contribution is -0.131. The number of carbonyl (C=O) groups excluding carboxylic acids is 2. The number of H-pyrrole nitrogens is 1. The number of halogens is 1. The first-order valence-electron chi connectivity index (χ1n) is 12.3. The summed E-state index contributed by atoms with van der Waals surface area (Å²) >= 11 is 1.35. The molecule has 0 fully saturated rings. The number of aromatic nitrogens is 1. The number of fused-ring (bicyclic) bond motifs is 10. The Morgan fingerprint density at radius 3 is 2.52 bits per heavy atom. The van der Waals surface area contributed by atoms with Gasteiger partial charge in [-0.1, -0.05) is 30.3 Å². The summed E-state index contributed by atoms with van der Waals surface area (Å²) in [5.41, 5.74) is 2.60. The number of benzene rings is 3. The molecule has 0 radical (unpaired) electrons. The molecule has 12 heteroatoms. The average molecular weight is 673 g/mol. The van der Waals surface area contributed by atoms with Crippen molar-refractivity contribution in [2.45, 2.75) is 23.9 Å². The van der Waals surface area contributed by atoms with Crippen molar-refractivity contribution < 1.29 is 22.7 Å². The second-order valence-corrected chi connectivity index (χ2v) is 14.2. The zero-order valence-electron chi connectivity index (χ0n) is 21.3. The van der Waals surface area contributed by atoms with Gasteiger partial charge in [-0.25, -0.2) is 13.2 Å². The molecular weight excluding hydrogens is 647 g/mol. The largest absolute Gasteiger partial charge is 0.449 e. The molecule has 1 unspecified atom stereocenters. The van der Waals surface area contributed by atoms with E-state index in [1.165, 1.54) is 44.3 Å². The van der Waals surface area contributed by atoms with Crippen LogP contribution in [0.3, 0.4) is 0 Å². The second-order valence-electron chi connectivity index (χ2n) is 9.39. The minimum atomic E-state index is -3.66. The molecule has 1 atom stereocenters. The minimum absolute atomic E-state index is 0.0374. The maximum absolute atomic E-state index is 13.9. The van der Waals surface area contributed by atoms with Crippen molar-refractivity contribution in [3.05, 3.63) is 100.0 Å².